The van der Waals surface area contributed by atoms with Crippen LogP contribution >= 0.6 is 0 Å². The van der Waals surface area contributed by atoms with E-state index in [-0.39, 0.29) is 0 Å². The molecule has 0 aromatic carbocycles. The van der Waals surface area contributed by atoms with Crippen LogP contribution in [0.25, 0.3) is 6.08 Å². The molecule has 0 saturated heterocycles. The highest BCUT2D eigenvalue weighted by atomic mass is 15.1. The molecule has 3 heteroatoms. The van der Waals surface area contributed by atoms with Crippen molar-refractivity contribution in [1.29, 1.82) is 0 Å². The molecule has 2 rings (SSSR count). The van der Waals surface area contributed by atoms with Crippen molar-refractivity contribution in [2.45, 2.75) is 46.1 Å². The van der Waals surface area contributed by atoms with Gasteiger partial charge < -0.3 is 5.32 Å². The molecular formula is C13H19N3. The van der Waals surface area contributed by atoms with E-state index in [1.807, 2.05) is 0 Å². The summed E-state index contributed by atoms with van der Waals surface area (Å²) in [7, 11) is 0. The summed E-state index contributed by atoms with van der Waals surface area (Å²) in [5.74, 6) is 2.30. The average Bonchev–Trinajstić information content (AvgIpc) is 2.64. The third kappa shape index (κ3) is 2.08. The van der Waals surface area contributed by atoms with E-state index in [1.165, 1.54) is 5.56 Å². The van der Waals surface area contributed by atoms with E-state index in [0.717, 1.165) is 23.8 Å². The fourth-order valence-electron chi connectivity index (χ4n) is 1.80. The molecule has 1 heterocycles. The SMILES string of the molecule is CC(C)Nc1nc(C(C)C)nc2c1CC=C2. The van der Waals surface area contributed by atoms with Gasteiger partial charge in [-0.15, -0.1) is 0 Å². The molecule has 16 heavy (non-hydrogen) atoms. The summed E-state index contributed by atoms with van der Waals surface area (Å²) in [6.07, 6.45) is 5.19. The average molecular weight is 217 g/mol. The highest BCUT2D eigenvalue weighted by Crippen LogP contribution is 2.26. The first kappa shape index (κ1) is 11.1. The fourth-order valence-corrected chi connectivity index (χ4v) is 1.80. The lowest BCUT2D eigenvalue weighted by atomic mass is 10.1. The Morgan fingerprint density at radius 2 is 1.94 bits per heavy atom. The van der Waals surface area contributed by atoms with Gasteiger partial charge in [0.05, 0.1) is 5.69 Å². The Bertz CT molecular complexity index is 419. The second kappa shape index (κ2) is 4.24. The van der Waals surface area contributed by atoms with Crippen LogP contribution < -0.4 is 5.32 Å². The van der Waals surface area contributed by atoms with Crippen molar-refractivity contribution >= 4 is 11.9 Å². The van der Waals surface area contributed by atoms with Crippen LogP contribution in [0.5, 0.6) is 0 Å². The second-order valence-electron chi connectivity index (χ2n) is 4.85. The lowest BCUT2D eigenvalue weighted by molar-refractivity contribution is 0.763. The Morgan fingerprint density at radius 1 is 1.19 bits per heavy atom. The molecule has 0 amide bonds. The number of fused-ring (bicyclic) bond motifs is 1. The highest BCUT2D eigenvalue weighted by Gasteiger charge is 2.17. The van der Waals surface area contributed by atoms with E-state index in [2.05, 4.69) is 55.1 Å². The zero-order valence-electron chi connectivity index (χ0n) is 10.4. The number of allylic oxidation sites excluding steroid dienone is 1. The van der Waals surface area contributed by atoms with Gasteiger partial charge >= 0.3 is 0 Å². The van der Waals surface area contributed by atoms with E-state index in [4.69, 9.17) is 0 Å². The van der Waals surface area contributed by atoms with Gasteiger partial charge in [0.25, 0.3) is 0 Å². The topological polar surface area (TPSA) is 37.8 Å². The van der Waals surface area contributed by atoms with Crippen LogP contribution in [0.15, 0.2) is 6.08 Å². The molecule has 86 valence electrons. The summed E-state index contributed by atoms with van der Waals surface area (Å²) < 4.78 is 0. The quantitative estimate of drug-likeness (QED) is 0.845. The van der Waals surface area contributed by atoms with Gasteiger partial charge in [0.15, 0.2) is 0 Å². The highest BCUT2D eigenvalue weighted by molar-refractivity contribution is 5.64. The molecule has 0 radical (unpaired) electrons. The van der Waals surface area contributed by atoms with E-state index in [0.29, 0.717) is 12.0 Å². The smallest absolute Gasteiger partial charge is 0.134 e. The molecule has 3 nitrogen and oxygen atoms in total. The van der Waals surface area contributed by atoms with Gasteiger partial charge in [-0.2, -0.15) is 0 Å². The molecule has 1 aromatic heterocycles. The number of anilines is 1. The maximum absolute atomic E-state index is 4.62. The van der Waals surface area contributed by atoms with Crippen LogP contribution in [-0.2, 0) is 6.42 Å². The summed E-state index contributed by atoms with van der Waals surface area (Å²) >= 11 is 0. The largest absolute Gasteiger partial charge is 0.368 e. The van der Waals surface area contributed by atoms with Gasteiger partial charge in [0, 0.05) is 17.5 Å². The van der Waals surface area contributed by atoms with Crippen molar-refractivity contribution in [3.05, 3.63) is 23.2 Å². The Kier molecular flexibility index (Phi) is 2.95. The Hall–Kier alpha value is -1.38. The van der Waals surface area contributed by atoms with Crippen molar-refractivity contribution < 1.29 is 0 Å². The Morgan fingerprint density at radius 3 is 2.56 bits per heavy atom. The molecule has 1 aromatic rings. The maximum atomic E-state index is 4.62. The Labute approximate surface area is 97.0 Å². The number of hydrogen-bond acceptors (Lipinski definition) is 3. The first-order valence-corrected chi connectivity index (χ1v) is 5.91. The fraction of sp³-hybridized carbons (Fsp3) is 0.538. The molecule has 1 aliphatic carbocycles. The van der Waals surface area contributed by atoms with Crippen LogP contribution in [0.3, 0.4) is 0 Å². The summed E-state index contributed by atoms with van der Waals surface area (Å²) in [5.41, 5.74) is 2.32. The minimum absolute atomic E-state index is 0.368. The molecule has 0 bridgehead atoms. The molecule has 0 saturated carbocycles. The monoisotopic (exact) mass is 217 g/mol. The van der Waals surface area contributed by atoms with Gasteiger partial charge in [-0.1, -0.05) is 19.9 Å². The first-order valence-electron chi connectivity index (χ1n) is 5.91. The van der Waals surface area contributed by atoms with E-state index in [9.17, 15) is 0 Å². The number of rotatable bonds is 3. The molecule has 1 N–H and O–H groups in total. The van der Waals surface area contributed by atoms with Gasteiger partial charge in [0.1, 0.15) is 11.6 Å². The molecule has 0 atom stereocenters. The van der Waals surface area contributed by atoms with E-state index < -0.39 is 0 Å². The van der Waals surface area contributed by atoms with Crippen molar-refractivity contribution in [3.8, 4) is 0 Å². The molecule has 0 unspecified atom stereocenters. The molecule has 0 spiro atoms. The standard InChI is InChI=1S/C13H19N3/c1-8(2)12-15-11-7-5-6-10(11)13(16-12)14-9(3)4/h5,7-9H,6H2,1-4H3,(H,14,15,16). The first-order chi connectivity index (χ1) is 7.58. The summed E-state index contributed by atoms with van der Waals surface area (Å²) in [5, 5.41) is 3.41. The van der Waals surface area contributed by atoms with E-state index >= 15 is 0 Å². The Balaban J connectivity index is 2.43. The zero-order chi connectivity index (χ0) is 11.7. The number of hydrogen-bond donors (Lipinski definition) is 1. The van der Waals surface area contributed by atoms with Crippen molar-refractivity contribution in [1.82, 2.24) is 9.97 Å². The third-order valence-corrected chi connectivity index (χ3v) is 2.60. The number of nitrogens with zero attached hydrogens (tertiary/aromatic N) is 2. The van der Waals surface area contributed by atoms with Crippen LogP contribution in [0.2, 0.25) is 0 Å². The lowest BCUT2D eigenvalue weighted by Crippen LogP contribution is -2.15. The molecule has 1 aliphatic rings. The third-order valence-electron chi connectivity index (χ3n) is 2.60. The van der Waals surface area contributed by atoms with Crippen LogP contribution in [0.4, 0.5) is 5.82 Å². The normalized spacial score (nSPS) is 13.6. The van der Waals surface area contributed by atoms with Gasteiger partial charge in [0.2, 0.25) is 0 Å². The van der Waals surface area contributed by atoms with Gasteiger partial charge in [-0.25, -0.2) is 9.97 Å². The summed E-state index contributed by atoms with van der Waals surface area (Å²) in [6.45, 7) is 8.51. The van der Waals surface area contributed by atoms with Crippen molar-refractivity contribution in [3.63, 3.8) is 0 Å². The van der Waals surface area contributed by atoms with Crippen molar-refractivity contribution in [2.75, 3.05) is 5.32 Å². The number of aromatic nitrogens is 2. The van der Waals surface area contributed by atoms with Gasteiger partial charge in [-0.3, -0.25) is 0 Å². The van der Waals surface area contributed by atoms with Crippen LogP contribution in [0.1, 0.15) is 50.7 Å². The molecular weight excluding hydrogens is 198 g/mol. The zero-order valence-corrected chi connectivity index (χ0v) is 10.4. The summed E-state index contributed by atoms with van der Waals surface area (Å²) in [4.78, 5) is 9.20. The van der Waals surface area contributed by atoms with Crippen molar-refractivity contribution in [2.24, 2.45) is 0 Å². The summed E-state index contributed by atoms with van der Waals surface area (Å²) in [6, 6.07) is 0.402. The van der Waals surface area contributed by atoms with Crippen LogP contribution in [-0.4, -0.2) is 16.0 Å². The van der Waals surface area contributed by atoms with E-state index in [1.54, 1.807) is 0 Å². The lowest BCUT2D eigenvalue weighted by Gasteiger charge is -2.15. The predicted molar refractivity (Wildman–Crippen MR) is 67.6 cm³/mol. The van der Waals surface area contributed by atoms with Crippen LogP contribution in [0, 0.1) is 0 Å². The molecule has 0 aliphatic heterocycles. The minimum Gasteiger partial charge on any atom is -0.368 e. The number of nitrogens with one attached hydrogen (secondary N) is 1. The maximum Gasteiger partial charge on any atom is 0.134 e. The predicted octanol–water partition coefficient (Wildman–Crippen LogP) is 2.99. The molecule has 0 fully saturated rings. The second-order valence-corrected chi connectivity index (χ2v) is 4.85. The minimum atomic E-state index is 0.368. The van der Waals surface area contributed by atoms with Gasteiger partial charge in [-0.05, 0) is 26.3 Å².